The summed E-state index contributed by atoms with van der Waals surface area (Å²) in [6.45, 7) is 9.23. The number of carbonyl (C=O) groups is 1. The molecule has 1 aromatic heterocycles. The van der Waals surface area contributed by atoms with Crippen molar-refractivity contribution in [3.63, 3.8) is 0 Å². The maximum absolute atomic E-state index is 11.7. The highest BCUT2D eigenvalue weighted by atomic mass is 28.4. The lowest BCUT2D eigenvalue weighted by molar-refractivity contribution is -0.402. The van der Waals surface area contributed by atoms with Gasteiger partial charge in [-0.25, -0.2) is 4.79 Å². The largest absolute Gasteiger partial charge is 0.457 e. The van der Waals surface area contributed by atoms with Crippen LogP contribution in [0.5, 0.6) is 0 Å². The van der Waals surface area contributed by atoms with Crippen molar-refractivity contribution in [3.05, 3.63) is 39.8 Å². The lowest BCUT2D eigenvalue weighted by Gasteiger charge is -2.32. The number of esters is 1. The minimum absolute atomic E-state index is 0.216. The molecule has 0 saturated heterocycles. The zero-order valence-corrected chi connectivity index (χ0v) is 15.3. The van der Waals surface area contributed by atoms with Crippen LogP contribution in [-0.4, -0.2) is 25.0 Å². The van der Waals surface area contributed by atoms with E-state index >= 15 is 0 Å². The van der Waals surface area contributed by atoms with Crippen molar-refractivity contribution < 1.29 is 28.0 Å². The van der Waals surface area contributed by atoms with Crippen LogP contribution in [0.1, 0.15) is 32.1 Å². The predicted molar refractivity (Wildman–Crippen MR) is 86.5 cm³/mol. The van der Waals surface area contributed by atoms with E-state index < -0.39 is 31.1 Å². The first-order valence-electron chi connectivity index (χ1n) is 7.50. The normalized spacial score (nSPS) is 18.4. The maximum atomic E-state index is 11.7. The van der Waals surface area contributed by atoms with Gasteiger partial charge in [-0.1, -0.05) is 0 Å². The maximum Gasteiger partial charge on any atom is 0.433 e. The van der Waals surface area contributed by atoms with Crippen molar-refractivity contribution in [1.29, 1.82) is 0 Å². The molecule has 1 atom stereocenters. The number of hydrogen-bond acceptors (Lipinski definition) is 7. The number of ether oxygens (including phenoxy) is 2. The number of nitro groups is 1. The number of nitrogens with zero attached hydrogens (tertiary/aromatic N) is 1. The first-order valence-corrected chi connectivity index (χ1v) is 10.9. The van der Waals surface area contributed by atoms with Crippen LogP contribution in [0.25, 0.3) is 0 Å². The van der Waals surface area contributed by atoms with Gasteiger partial charge < -0.3 is 18.3 Å². The van der Waals surface area contributed by atoms with Crippen LogP contribution in [0.4, 0.5) is 5.88 Å². The lowest BCUT2D eigenvalue weighted by atomic mass is 10.1. The van der Waals surface area contributed by atoms with Gasteiger partial charge in [0.25, 0.3) is 0 Å². The van der Waals surface area contributed by atoms with Crippen molar-refractivity contribution in [2.75, 3.05) is 0 Å². The molecule has 2 heterocycles. The first kappa shape index (κ1) is 18.2. The zero-order chi connectivity index (χ0) is 18.1. The van der Waals surface area contributed by atoms with Gasteiger partial charge in [0, 0.05) is 20.3 Å². The van der Waals surface area contributed by atoms with E-state index in [1.807, 2.05) is 19.6 Å². The molecule has 0 spiro atoms. The van der Waals surface area contributed by atoms with Gasteiger partial charge in [0.15, 0.2) is 8.32 Å². The van der Waals surface area contributed by atoms with E-state index in [1.54, 1.807) is 13.8 Å². The van der Waals surface area contributed by atoms with Crippen LogP contribution in [-0.2, 0) is 18.7 Å². The van der Waals surface area contributed by atoms with Crippen molar-refractivity contribution in [1.82, 2.24) is 0 Å². The molecule has 132 valence electrons. The predicted octanol–water partition coefficient (Wildman–Crippen LogP) is 3.66. The van der Waals surface area contributed by atoms with E-state index in [-0.39, 0.29) is 12.3 Å². The SMILES string of the molecule is CC1(C)OC(=O)C=C(CC(O[Si](C)(C)C)c2ccc([N+](=O)[O-])o2)O1. The van der Waals surface area contributed by atoms with Crippen molar-refractivity contribution in [3.8, 4) is 0 Å². The number of hydrogen-bond donors (Lipinski definition) is 0. The number of cyclic esters (lactones) is 1. The van der Waals surface area contributed by atoms with E-state index in [1.165, 1.54) is 18.2 Å². The van der Waals surface area contributed by atoms with E-state index in [0.717, 1.165) is 0 Å². The average molecular weight is 355 g/mol. The smallest absolute Gasteiger partial charge is 0.433 e. The summed E-state index contributed by atoms with van der Waals surface area (Å²) in [5, 5.41) is 10.8. The van der Waals surface area contributed by atoms with Gasteiger partial charge in [-0.3, -0.25) is 10.1 Å². The summed E-state index contributed by atoms with van der Waals surface area (Å²) in [5.41, 5.74) is 0. The number of rotatable bonds is 6. The molecular weight excluding hydrogens is 334 g/mol. The van der Waals surface area contributed by atoms with Crippen LogP contribution in [0, 0.1) is 10.1 Å². The van der Waals surface area contributed by atoms with Gasteiger partial charge in [-0.05, 0) is 25.7 Å². The Balaban J connectivity index is 2.26. The molecule has 9 heteroatoms. The highest BCUT2D eigenvalue weighted by molar-refractivity contribution is 6.69. The summed E-state index contributed by atoms with van der Waals surface area (Å²) in [6, 6.07) is 2.79. The molecular formula is C15H21NO7Si. The third kappa shape index (κ3) is 4.93. The van der Waals surface area contributed by atoms with Crippen molar-refractivity contribution >= 4 is 20.2 Å². The molecule has 1 unspecified atom stereocenters. The molecule has 0 fully saturated rings. The molecule has 0 radical (unpaired) electrons. The van der Waals surface area contributed by atoms with Gasteiger partial charge in [-0.15, -0.1) is 0 Å². The Hall–Kier alpha value is -2.13. The van der Waals surface area contributed by atoms with E-state index in [4.69, 9.17) is 18.3 Å². The molecule has 0 aromatic carbocycles. The van der Waals surface area contributed by atoms with E-state index in [0.29, 0.717) is 11.5 Å². The van der Waals surface area contributed by atoms with Crippen molar-refractivity contribution in [2.24, 2.45) is 0 Å². The Morgan fingerprint density at radius 2 is 1.96 bits per heavy atom. The van der Waals surface area contributed by atoms with Crippen LogP contribution >= 0.6 is 0 Å². The van der Waals surface area contributed by atoms with Crippen LogP contribution in [0.3, 0.4) is 0 Å². The molecule has 0 bridgehead atoms. The molecule has 24 heavy (non-hydrogen) atoms. The molecule has 1 aromatic rings. The minimum atomic E-state index is -1.99. The molecule has 0 saturated carbocycles. The fourth-order valence-corrected chi connectivity index (χ4v) is 3.35. The quantitative estimate of drug-likeness (QED) is 0.332. The Morgan fingerprint density at radius 1 is 1.29 bits per heavy atom. The van der Waals surface area contributed by atoms with Crippen LogP contribution in [0.2, 0.25) is 19.6 Å². The Morgan fingerprint density at radius 3 is 2.46 bits per heavy atom. The molecule has 0 N–H and O–H groups in total. The second-order valence-electron chi connectivity index (χ2n) is 6.89. The molecule has 1 aliphatic rings. The number of furan rings is 1. The van der Waals surface area contributed by atoms with E-state index in [9.17, 15) is 14.9 Å². The molecule has 0 amide bonds. The summed E-state index contributed by atoms with van der Waals surface area (Å²) in [5.74, 6) is -1.21. The fourth-order valence-electron chi connectivity index (χ4n) is 2.29. The topological polar surface area (TPSA) is 101 Å². The average Bonchev–Trinajstić information content (AvgIpc) is 2.83. The van der Waals surface area contributed by atoms with Gasteiger partial charge in [0.05, 0.1) is 12.1 Å². The van der Waals surface area contributed by atoms with E-state index in [2.05, 4.69) is 0 Å². The second kappa shape index (κ2) is 6.40. The summed E-state index contributed by atoms with van der Waals surface area (Å²) >= 11 is 0. The summed E-state index contributed by atoms with van der Waals surface area (Å²) in [4.78, 5) is 21.9. The summed E-state index contributed by atoms with van der Waals surface area (Å²) in [6.07, 6.45) is 0.884. The van der Waals surface area contributed by atoms with Gasteiger partial charge >= 0.3 is 11.9 Å². The second-order valence-corrected chi connectivity index (χ2v) is 11.4. The highest BCUT2D eigenvalue weighted by Crippen LogP contribution is 2.34. The Kier molecular flexibility index (Phi) is 4.86. The van der Waals surface area contributed by atoms with Crippen LogP contribution in [0.15, 0.2) is 28.4 Å². The molecule has 0 aliphatic carbocycles. The van der Waals surface area contributed by atoms with Crippen LogP contribution < -0.4 is 0 Å². The lowest BCUT2D eigenvalue weighted by Crippen LogP contribution is -2.35. The Labute approximate surface area is 140 Å². The fraction of sp³-hybridized carbons (Fsp3) is 0.533. The van der Waals surface area contributed by atoms with Gasteiger partial charge in [0.1, 0.15) is 22.5 Å². The minimum Gasteiger partial charge on any atom is -0.457 e. The zero-order valence-electron chi connectivity index (χ0n) is 14.3. The standard InChI is InChI=1S/C15H21NO7Si/c1-15(2)21-10(9-14(17)22-15)8-12(23-24(3,4)5)11-6-7-13(20-11)16(18)19/h6-7,9,12H,8H2,1-5H3. The summed E-state index contributed by atoms with van der Waals surface area (Å²) in [7, 11) is -1.99. The molecule has 8 nitrogen and oxygen atoms in total. The third-order valence-electron chi connectivity index (χ3n) is 2.99. The Bertz CT molecular complexity index is 672. The van der Waals surface area contributed by atoms with Gasteiger partial charge in [0.2, 0.25) is 5.79 Å². The van der Waals surface area contributed by atoms with Gasteiger partial charge in [-0.2, -0.15) is 0 Å². The van der Waals surface area contributed by atoms with Crippen molar-refractivity contribution in [2.45, 2.75) is 51.8 Å². The molecule has 2 rings (SSSR count). The monoisotopic (exact) mass is 355 g/mol. The molecule has 1 aliphatic heterocycles. The highest BCUT2D eigenvalue weighted by Gasteiger charge is 2.34. The third-order valence-corrected chi connectivity index (χ3v) is 3.99. The summed E-state index contributed by atoms with van der Waals surface area (Å²) < 4.78 is 22.0. The first-order chi connectivity index (χ1) is 11.0. The number of carbonyl (C=O) groups excluding carboxylic acids is 1.